The van der Waals surface area contributed by atoms with Crippen LogP contribution in [0.4, 0.5) is 0 Å². The predicted octanol–water partition coefficient (Wildman–Crippen LogP) is 0.680. The number of aliphatic hydroxyl groups excluding tert-OH is 1. The molecule has 5 nitrogen and oxygen atoms in total. The third-order valence-corrected chi connectivity index (χ3v) is 3.18. The molecular weight excluding hydrogens is 180 g/mol. The average Bonchev–Trinajstić information content (AvgIpc) is 2.47. The molecule has 0 spiro atoms. The highest BCUT2D eigenvalue weighted by atomic mass is 16.3. The van der Waals surface area contributed by atoms with Crippen LogP contribution in [0.1, 0.15) is 38.1 Å². The van der Waals surface area contributed by atoms with Crippen LogP contribution in [-0.2, 0) is 7.05 Å². The molecule has 2 unspecified atom stereocenters. The van der Waals surface area contributed by atoms with Crippen molar-refractivity contribution in [2.45, 2.75) is 32.3 Å². The summed E-state index contributed by atoms with van der Waals surface area (Å²) in [5.74, 6) is 1.33. The summed E-state index contributed by atoms with van der Waals surface area (Å²) in [5, 5.41) is 21.5. The Morgan fingerprint density at radius 1 is 1.50 bits per heavy atom. The van der Waals surface area contributed by atoms with Gasteiger partial charge in [0.05, 0.1) is 7.05 Å². The summed E-state index contributed by atoms with van der Waals surface area (Å²) in [5.41, 5.74) is 0. The van der Waals surface area contributed by atoms with Crippen molar-refractivity contribution in [1.29, 1.82) is 0 Å². The Labute approximate surface area is 83.1 Å². The van der Waals surface area contributed by atoms with Crippen molar-refractivity contribution in [2.24, 2.45) is 18.9 Å². The molecule has 1 aromatic rings. The Kier molecular flexibility index (Phi) is 2.50. The van der Waals surface area contributed by atoms with Crippen molar-refractivity contribution in [1.82, 2.24) is 20.2 Å². The highest BCUT2D eigenvalue weighted by molar-refractivity contribution is 4.90. The Hall–Kier alpha value is -0.970. The van der Waals surface area contributed by atoms with Crippen molar-refractivity contribution >= 4 is 0 Å². The second-order valence-corrected chi connectivity index (χ2v) is 4.13. The number of aromatic nitrogens is 4. The van der Waals surface area contributed by atoms with Crippen LogP contribution >= 0.6 is 0 Å². The Bertz CT molecular complexity index is 308. The van der Waals surface area contributed by atoms with Crippen LogP contribution in [0.15, 0.2) is 0 Å². The van der Waals surface area contributed by atoms with Crippen molar-refractivity contribution < 1.29 is 5.11 Å². The van der Waals surface area contributed by atoms with Gasteiger partial charge in [0.15, 0.2) is 0 Å². The number of rotatable bonds is 3. The molecule has 0 aromatic carbocycles. The normalized spacial score (nSPS) is 21.6. The lowest BCUT2D eigenvalue weighted by molar-refractivity contribution is 0.0470. The van der Waals surface area contributed by atoms with Gasteiger partial charge in [-0.3, -0.25) is 0 Å². The van der Waals surface area contributed by atoms with E-state index >= 15 is 0 Å². The van der Waals surface area contributed by atoms with Crippen LogP contribution in [0.5, 0.6) is 0 Å². The number of aliphatic hydroxyl groups is 1. The summed E-state index contributed by atoms with van der Waals surface area (Å²) < 4.78 is 0. The first kappa shape index (κ1) is 9.58. The van der Waals surface area contributed by atoms with Crippen LogP contribution in [-0.4, -0.2) is 25.3 Å². The number of tetrazole rings is 1. The summed E-state index contributed by atoms with van der Waals surface area (Å²) in [4.78, 5) is 1.38. The van der Waals surface area contributed by atoms with Gasteiger partial charge in [0.25, 0.3) is 0 Å². The quantitative estimate of drug-likeness (QED) is 0.772. The van der Waals surface area contributed by atoms with Gasteiger partial charge in [0.2, 0.25) is 5.82 Å². The maximum absolute atomic E-state index is 9.96. The van der Waals surface area contributed by atoms with E-state index in [0.29, 0.717) is 11.7 Å². The second-order valence-electron chi connectivity index (χ2n) is 4.13. The van der Waals surface area contributed by atoms with Crippen molar-refractivity contribution in [3.63, 3.8) is 0 Å². The highest BCUT2D eigenvalue weighted by Crippen LogP contribution is 2.38. The van der Waals surface area contributed by atoms with Crippen molar-refractivity contribution in [2.75, 3.05) is 0 Å². The molecule has 1 saturated carbocycles. The first-order valence-corrected chi connectivity index (χ1v) is 5.10. The van der Waals surface area contributed by atoms with Crippen molar-refractivity contribution in [3.05, 3.63) is 5.82 Å². The standard InChI is InChI=1S/C9H16N4O/c1-6(7-4-3-5-7)8(14)9-10-12-13(2)11-9/h6-8,14H,3-5H2,1-2H3. The molecule has 2 rings (SSSR count). The van der Waals surface area contributed by atoms with E-state index in [4.69, 9.17) is 0 Å². The van der Waals surface area contributed by atoms with E-state index in [1.807, 2.05) is 0 Å². The minimum atomic E-state index is -0.561. The van der Waals surface area contributed by atoms with Gasteiger partial charge in [-0.15, -0.1) is 10.2 Å². The van der Waals surface area contributed by atoms with Gasteiger partial charge in [-0.05, 0) is 17.0 Å². The molecule has 1 heterocycles. The summed E-state index contributed by atoms with van der Waals surface area (Å²) in [6, 6.07) is 0. The van der Waals surface area contributed by atoms with Crippen LogP contribution in [0, 0.1) is 11.8 Å². The molecule has 0 amide bonds. The Morgan fingerprint density at radius 2 is 2.21 bits per heavy atom. The fraction of sp³-hybridized carbons (Fsp3) is 0.889. The van der Waals surface area contributed by atoms with Crippen molar-refractivity contribution in [3.8, 4) is 0 Å². The van der Waals surface area contributed by atoms with Gasteiger partial charge in [-0.2, -0.15) is 4.80 Å². The molecule has 1 aliphatic rings. The Balaban J connectivity index is 2.03. The summed E-state index contributed by atoms with van der Waals surface area (Å²) in [6.45, 7) is 2.06. The fourth-order valence-corrected chi connectivity index (χ4v) is 1.88. The maximum Gasteiger partial charge on any atom is 0.203 e. The van der Waals surface area contributed by atoms with E-state index in [1.54, 1.807) is 7.05 Å². The molecule has 1 fully saturated rings. The zero-order valence-corrected chi connectivity index (χ0v) is 8.59. The van der Waals surface area contributed by atoms with Crippen LogP contribution in [0.25, 0.3) is 0 Å². The van der Waals surface area contributed by atoms with Gasteiger partial charge in [-0.1, -0.05) is 26.2 Å². The van der Waals surface area contributed by atoms with Crippen LogP contribution in [0.3, 0.4) is 0 Å². The molecule has 0 aliphatic heterocycles. The lowest BCUT2D eigenvalue weighted by atomic mass is 9.74. The molecule has 0 radical (unpaired) electrons. The van der Waals surface area contributed by atoms with E-state index in [9.17, 15) is 5.11 Å². The summed E-state index contributed by atoms with van der Waals surface area (Å²) >= 11 is 0. The zero-order valence-electron chi connectivity index (χ0n) is 8.59. The third kappa shape index (κ3) is 1.64. The van der Waals surface area contributed by atoms with Gasteiger partial charge in [0, 0.05) is 0 Å². The molecule has 0 bridgehead atoms. The molecule has 5 heteroatoms. The Morgan fingerprint density at radius 3 is 2.64 bits per heavy atom. The predicted molar refractivity (Wildman–Crippen MR) is 50.3 cm³/mol. The van der Waals surface area contributed by atoms with E-state index in [-0.39, 0.29) is 5.92 Å². The van der Waals surface area contributed by atoms with Gasteiger partial charge in [-0.25, -0.2) is 0 Å². The minimum absolute atomic E-state index is 0.243. The molecule has 1 aliphatic carbocycles. The number of hydrogen-bond donors (Lipinski definition) is 1. The lowest BCUT2D eigenvalue weighted by Crippen LogP contribution is -2.25. The molecule has 14 heavy (non-hydrogen) atoms. The summed E-state index contributed by atoms with van der Waals surface area (Å²) in [6.07, 6.45) is 3.17. The minimum Gasteiger partial charge on any atom is -0.385 e. The monoisotopic (exact) mass is 196 g/mol. The van der Waals surface area contributed by atoms with E-state index in [1.165, 1.54) is 24.1 Å². The third-order valence-electron chi connectivity index (χ3n) is 3.18. The fourth-order valence-electron chi connectivity index (χ4n) is 1.88. The molecule has 78 valence electrons. The van der Waals surface area contributed by atoms with Gasteiger partial charge < -0.3 is 5.11 Å². The molecule has 2 atom stereocenters. The highest BCUT2D eigenvalue weighted by Gasteiger charge is 2.31. The topological polar surface area (TPSA) is 63.8 Å². The molecule has 0 saturated heterocycles. The average molecular weight is 196 g/mol. The smallest absolute Gasteiger partial charge is 0.203 e. The van der Waals surface area contributed by atoms with E-state index < -0.39 is 6.10 Å². The van der Waals surface area contributed by atoms with E-state index in [2.05, 4.69) is 22.3 Å². The molecule has 1 N–H and O–H groups in total. The number of nitrogens with zero attached hydrogens (tertiary/aromatic N) is 4. The van der Waals surface area contributed by atoms with Crippen LogP contribution in [0.2, 0.25) is 0 Å². The SMILES string of the molecule is CC(C1CCC1)C(O)c1nnn(C)n1. The van der Waals surface area contributed by atoms with Gasteiger partial charge in [0.1, 0.15) is 6.10 Å². The zero-order chi connectivity index (χ0) is 10.1. The van der Waals surface area contributed by atoms with Crippen LogP contribution < -0.4 is 0 Å². The number of hydrogen-bond acceptors (Lipinski definition) is 4. The first-order chi connectivity index (χ1) is 6.68. The lowest BCUT2D eigenvalue weighted by Gasteiger charge is -2.33. The largest absolute Gasteiger partial charge is 0.385 e. The second kappa shape index (κ2) is 3.65. The van der Waals surface area contributed by atoms with Gasteiger partial charge >= 0.3 is 0 Å². The molecular formula is C9H16N4O. The first-order valence-electron chi connectivity index (χ1n) is 5.10. The maximum atomic E-state index is 9.96. The number of aryl methyl sites for hydroxylation is 1. The molecule has 1 aromatic heterocycles. The van der Waals surface area contributed by atoms with E-state index in [0.717, 1.165) is 0 Å². The summed E-state index contributed by atoms with van der Waals surface area (Å²) in [7, 11) is 1.71.